The number of rotatable bonds is 1. The van der Waals surface area contributed by atoms with Crippen molar-refractivity contribution in [1.29, 1.82) is 0 Å². The third-order valence-electron chi connectivity index (χ3n) is 2.97. The van der Waals surface area contributed by atoms with Crippen LogP contribution in [-0.2, 0) is 0 Å². The molecule has 2 aromatic carbocycles. The molecule has 0 bridgehead atoms. The number of benzene rings is 2. The minimum atomic E-state index is 0.0311. The first-order valence-electron chi connectivity index (χ1n) is 5.07. The van der Waals surface area contributed by atoms with E-state index in [9.17, 15) is 5.41 Å². The summed E-state index contributed by atoms with van der Waals surface area (Å²) in [5, 5.41) is 11.7. The highest BCUT2D eigenvalue weighted by atomic mass is 14.4. The van der Waals surface area contributed by atoms with E-state index in [0.29, 0.717) is 0 Å². The van der Waals surface area contributed by atoms with Gasteiger partial charge in [0.1, 0.15) is 0 Å². The van der Waals surface area contributed by atoms with E-state index < -0.39 is 0 Å². The van der Waals surface area contributed by atoms with Gasteiger partial charge in [0.05, 0.1) is 0 Å². The monoisotopic (exact) mass is 192 g/mol. The molecule has 0 saturated heterocycles. The fraction of sp³-hybridized carbons (Fsp3) is 0.0714. The SMILES string of the molecule is [N]=CC1C=Cc2cccc3cccc1c23. The maximum Gasteiger partial charge on any atom is 0.0401 e. The second-order valence-corrected chi connectivity index (χ2v) is 3.83. The molecule has 0 amide bonds. The van der Waals surface area contributed by atoms with Gasteiger partial charge >= 0.3 is 0 Å². The van der Waals surface area contributed by atoms with Gasteiger partial charge in [0.15, 0.2) is 0 Å². The van der Waals surface area contributed by atoms with Gasteiger partial charge in [-0.05, 0) is 21.9 Å². The zero-order chi connectivity index (χ0) is 10.3. The molecule has 0 aromatic heterocycles. The predicted octanol–water partition coefficient (Wildman–Crippen LogP) is 2.82. The average Bonchev–Trinajstić information content (AvgIpc) is 2.30. The van der Waals surface area contributed by atoms with Gasteiger partial charge < -0.3 is 0 Å². The van der Waals surface area contributed by atoms with Crippen LogP contribution in [0.2, 0.25) is 0 Å². The van der Waals surface area contributed by atoms with Gasteiger partial charge in [-0.2, -0.15) is 5.41 Å². The van der Waals surface area contributed by atoms with Crippen molar-refractivity contribution in [2.75, 3.05) is 0 Å². The molecule has 0 aliphatic heterocycles. The highest BCUT2D eigenvalue weighted by molar-refractivity contribution is 5.98. The summed E-state index contributed by atoms with van der Waals surface area (Å²) in [6.45, 7) is 0. The van der Waals surface area contributed by atoms with E-state index in [-0.39, 0.29) is 5.92 Å². The van der Waals surface area contributed by atoms with Crippen LogP contribution in [0.5, 0.6) is 0 Å². The number of allylic oxidation sites excluding steroid dienone is 1. The minimum absolute atomic E-state index is 0.0311. The fourth-order valence-corrected chi connectivity index (χ4v) is 2.26. The molecule has 1 heteroatoms. The van der Waals surface area contributed by atoms with E-state index in [4.69, 9.17) is 0 Å². The summed E-state index contributed by atoms with van der Waals surface area (Å²) in [7, 11) is 0. The lowest BCUT2D eigenvalue weighted by Gasteiger charge is -2.17. The Kier molecular flexibility index (Phi) is 1.72. The molecular weight excluding hydrogens is 182 g/mol. The van der Waals surface area contributed by atoms with Crippen LogP contribution < -0.4 is 5.41 Å². The van der Waals surface area contributed by atoms with Gasteiger partial charge in [-0.3, -0.25) is 0 Å². The van der Waals surface area contributed by atoms with Crippen molar-refractivity contribution in [2.45, 2.75) is 5.92 Å². The lowest BCUT2D eigenvalue weighted by Crippen LogP contribution is -2.02. The molecule has 1 aliphatic carbocycles. The maximum absolute atomic E-state index is 9.19. The van der Waals surface area contributed by atoms with Crippen molar-refractivity contribution in [3.05, 3.63) is 53.6 Å². The van der Waals surface area contributed by atoms with Crippen LogP contribution in [0, 0.1) is 0 Å². The minimum Gasteiger partial charge on any atom is -0.163 e. The van der Waals surface area contributed by atoms with Crippen LogP contribution in [0.15, 0.2) is 42.5 Å². The molecule has 0 spiro atoms. The van der Waals surface area contributed by atoms with Gasteiger partial charge in [-0.25, -0.2) is 0 Å². The smallest absolute Gasteiger partial charge is 0.0401 e. The highest BCUT2D eigenvalue weighted by Gasteiger charge is 2.14. The number of hydrogen-bond acceptors (Lipinski definition) is 0. The normalized spacial score (nSPS) is 18.0. The summed E-state index contributed by atoms with van der Waals surface area (Å²) in [5.41, 5.74) is 2.43. The summed E-state index contributed by atoms with van der Waals surface area (Å²) in [6.07, 6.45) is 5.35. The molecule has 1 radical (unpaired) electrons. The Labute approximate surface area is 88.6 Å². The molecular formula is C14H10N. The zero-order valence-electron chi connectivity index (χ0n) is 8.22. The quantitative estimate of drug-likeness (QED) is 0.620. The third kappa shape index (κ3) is 1.13. The molecule has 71 valence electrons. The lowest BCUT2D eigenvalue weighted by atomic mass is 9.87. The first-order valence-corrected chi connectivity index (χ1v) is 5.07. The lowest BCUT2D eigenvalue weighted by molar-refractivity contribution is 1.19. The Bertz CT molecular complexity index is 561. The maximum atomic E-state index is 9.19. The Balaban J connectivity index is 2.46. The van der Waals surface area contributed by atoms with E-state index in [1.165, 1.54) is 28.1 Å². The van der Waals surface area contributed by atoms with Crippen LogP contribution in [0.1, 0.15) is 17.0 Å². The van der Waals surface area contributed by atoms with Gasteiger partial charge in [-0.1, -0.05) is 48.6 Å². The summed E-state index contributed by atoms with van der Waals surface area (Å²) in [5.74, 6) is 0.0311. The van der Waals surface area contributed by atoms with Gasteiger partial charge in [0.25, 0.3) is 0 Å². The molecule has 1 nitrogen and oxygen atoms in total. The molecule has 1 aliphatic rings. The summed E-state index contributed by atoms with van der Waals surface area (Å²) >= 11 is 0. The summed E-state index contributed by atoms with van der Waals surface area (Å²) in [6, 6.07) is 12.5. The van der Waals surface area contributed by atoms with E-state index in [1.807, 2.05) is 12.1 Å². The van der Waals surface area contributed by atoms with E-state index >= 15 is 0 Å². The molecule has 0 N–H and O–H groups in total. The van der Waals surface area contributed by atoms with Crippen molar-refractivity contribution in [3.8, 4) is 0 Å². The largest absolute Gasteiger partial charge is 0.163 e. The molecule has 1 unspecified atom stereocenters. The highest BCUT2D eigenvalue weighted by Crippen LogP contribution is 2.33. The molecule has 15 heavy (non-hydrogen) atoms. The van der Waals surface area contributed by atoms with Gasteiger partial charge in [0, 0.05) is 12.1 Å². The molecule has 0 heterocycles. The van der Waals surface area contributed by atoms with Crippen molar-refractivity contribution < 1.29 is 0 Å². The molecule has 0 fully saturated rings. The molecule has 2 aromatic rings. The second kappa shape index (κ2) is 3.06. The van der Waals surface area contributed by atoms with Crippen molar-refractivity contribution >= 4 is 23.1 Å². The van der Waals surface area contributed by atoms with Crippen molar-refractivity contribution in [2.24, 2.45) is 0 Å². The molecule has 0 saturated carbocycles. The Morgan fingerprint density at radius 1 is 1.07 bits per heavy atom. The number of hydrogen-bond donors (Lipinski definition) is 0. The number of nitrogens with zero attached hydrogens (tertiary/aromatic N) is 1. The average molecular weight is 192 g/mol. The zero-order valence-corrected chi connectivity index (χ0v) is 8.22. The van der Waals surface area contributed by atoms with Crippen molar-refractivity contribution in [3.63, 3.8) is 0 Å². The Hall–Kier alpha value is -1.89. The van der Waals surface area contributed by atoms with Crippen LogP contribution in [0.4, 0.5) is 0 Å². The first kappa shape index (κ1) is 8.42. The van der Waals surface area contributed by atoms with Crippen LogP contribution in [0.25, 0.3) is 16.8 Å². The molecule has 1 atom stereocenters. The van der Waals surface area contributed by atoms with Crippen molar-refractivity contribution in [1.82, 2.24) is 5.41 Å². The second-order valence-electron chi connectivity index (χ2n) is 3.83. The topological polar surface area (TPSA) is 22.3 Å². The fourth-order valence-electron chi connectivity index (χ4n) is 2.26. The summed E-state index contributed by atoms with van der Waals surface area (Å²) in [4.78, 5) is 0. The van der Waals surface area contributed by atoms with Crippen LogP contribution in [-0.4, -0.2) is 6.21 Å². The van der Waals surface area contributed by atoms with E-state index in [2.05, 4.69) is 36.4 Å². The Morgan fingerprint density at radius 3 is 2.67 bits per heavy atom. The van der Waals surface area contributed by atoms with E-state index in [1.54, 1.807) is 0 Å². The van der Waals surface area contributed by atoms with Crippen LogP contribution >= 0.6 is 0 Å². The van der Waals surface area contributed by atoms with Gasteiger partial charge in [-0.15, -0.1) is 0 Å². The summed E-state index contributed by atoms with van der Waals surface area (Å²) < 4.78 is 0. The van der Waals surface area contributed by atoms with Crippen LogP contribution in [0.3, 0.4) is 0 Å². The molecule has 3 rings (SSSR count). The Morgan fingerprint density at radius 2 is 1.87 bits per heavy atom. The van der Waals surface area contributed by atoms with Gasteiger partial charge in [0.2, 0.25) is 0 Å². The predicted molar refractivity (Wildman–Crippen MR) is 63.9 cm³/mol. The third-order valence-corrected chi connectivity index (χ3v) is 2.97. The van der Waals surface area contributed by atoms with E-state index in [0.717, 1.165) is 0 Å². The first-order chi connectivity index (χ1) is 7.40. The standard InChI is InChI=1S/C14H10N/c15-9-12-8-7-11-4-1-3-10-5-2-6-13(12)14(10)11/h1-9,12H.